The van der Waals surface area contributed by atoms with E-state index in [0.29, 0.717) is 25.5 Å². The lowest BCUT2D eigenvalue weighted by atomic mass is 9.94. The molecule has 0 saturated heterocycles. The molecule has 0 unspecified atom stereocenters. The van der Waals surface area contributed by atoms with Crippen LogP contribution in [0.2, 0.25) is 0 Å². The second-order valence-corrected chi connectivity index (χ2v) is 6.20. The van der Waals surface area contributed by atoms with Gasteiger partial charge in [0.25, 0.3) is 0 Å². The highest BCUT2D eigenvalue weighted by Crippen LogP contribution is 2.16. The molecule has 0 amide bonds. The molecule has 0 aliphatic rings. The van der Waals surface area contributed by atoms with Crippen LogP contribution in [0.1, 0.15) is 37.4 Å². The normalized spacial score (nSPS) is 12.7. The second-order valence-electron chi connectivity index (χ2n) is 5.26. The van der Waals surface area contributed by atoms with Crippen molar-refractivity contribution in [2.75, 3.05) is 13.7 Å². The molecule has 114 valence electrons. The number of nitrogens with two attached hydrogens (primary N) is 1. The van der Waals surface area contributed by atoms with E-state index in [0.717, 1.165) is 17.1 Å². The number of aromatic nitrogens is 1. The number of carbonyl (C=O) groups is 1. The van der Waals surface area contributed by atoms with Crippen LogP contribution in [0.25, 0.3) is 0 Å². The Hall–Kier alpha value is -0.980. The van der Waals surface area contributed by atoms with E-state index in [4.69, 9.17) is 15.2 Å². The molecule has 0 spiro atoms. The van der Waals surface area contributed by atoms with Gasteiger partial charge in [-0.2, -0.15) is 0 Å². The van der Waals surface area contributed by atoms with Gasteiger partial charge < -0.3 is 15.2 Å². The number of ether oxygens (including phenoxy) is 2. The Bertz CT molecular complexity index is 407. The molecule has 6 heteroatoms. The highest BCUT2D eigenvalue weighted by Gasteiger charge is 2.15. The van der Waals surface area contributed by atoms with Crippen molar-refractivity contribution in [3.63, 3.8) is 0 Å². The van der Waals surface area contributed by atoms with Crippen molar-refractivity contribution < 1.29 is 14.3 Å². The fraction of sp³-hybridized carbons (Fsp3) is 0.714. The summed E-state index contributed by atoms with van der Waals surface area (Å²) in [7, 11) is 1.63. The minimum absolute atomic E-state index is 0.196. The van der Waals surface area contributed by atoms with Crippen LogP contribution in [0.3, 0.4) is 0 Å². The maximum absolute atomic E-state index is 11.8. The molecule has 1 heterocycles. The molecule has 0 aliphatic carbocycles. The number of hydrogen-bond donors (Lipinski definition) is 1. The molecule has 1 atom stereocenters. The number of carbonyl (C=O) groups excluding carboxylic acids is 1. The molecule has 0 fully saturated rings. The molecule has 0 bridgehead atoms. The molecule has 20 heavy (non-hydrogen) atoms. The Kier molecular flexibility index (Phi) is 7.72. The second kappa shape index (κ2) is 9.05. The molecular weight excluding hydrogens is 276 g/mol. The fourth-order valence-corrected chi connectivity index (χ4v) is 2.73. The summed E-state index contributed by atoms with van der Waals surface area (Å²) in [6, 6.07) is 0. The van der Waals surface area contributed by atoms with Crippen molar-refractivity contribution in [1.82, 2.24) is 4.98 Å². The zero-order chi connectivity index (χ0) is 15.0. The third-order valence-electron chi connectivity index (χ3n) is 2.84. The monoisotopic (exact) mass is 300 g/mol. The summed E-state index contributed by atoms with van der Waals surface area (Å²) in [5.74, 6) is 0.524. The Morgan fingerprint density at radius 2 is 2.20 bits per heavy atom. The summed E-state index contributed by atoms with van der Waals surface area (Å²) in [6.07, 6.45) is 1.32. The summed E-state index contributed by atoms with van der Waals surface area (Å²) < 4.78 is 10.2. The van der Waals surface area contributed by atoms with Gasteiger partial charge in [-0.05, 0) is 24.8 Å². The van der Waals surface area contributed by atoms with E-state index in [1.165, 1.54) is 11.3 Å². The average Bonchev–Trinajstić information content (AvgIpc) is 2.83. The van der Waals surface area contributed by atoms with Crippen LogP contribution in [0.4, 0.5) is 0 Å². The highest BCUT2D eigenvalue weighted by atomic mass is 32.1. The van der Waals surface area contributed by atoms with E-state index < -0.39 is 0 Å². The number of thiazole rings is 1. The van der Waals surface area contributed by atoms with Gasteiger partial charge in [0, 0.05) is 18.9 Å². The highest BCUT2D eigenvalue weighted by molar-refractivity contribution is 7.09. The van der Waals surface area contributed by atoms with Crippen molar-refractivity contribution >= 4 is 17.3 Å². The third kappa shape index (κ3) is 6.45. The summed E-state index contributed by atoms with van der Waals surface area (Å²) >= 11 is 1.51. The van der Waals surface area contributed by atoms with Crippen LogP contribution in [0.5, 0.6) is 0 Å². The quantitative estimate of drug-likeness (QED) is 0.709. The summed E-state index contributed by atoms with van der Waals surface area (Å²) in [4.78, 5) is 16.1. The van der Waals surface area contributed by atoms with Crippen LogP contribution < -0.4 is 5.73 Å². The van der Waals surface area contributed by atoms with Gasteiger partial charge in [-0.3, -0.25) is 4.79 Å². The first kappa shape index (κ1) is 17.1. The standard InChI is InChI=1S/C14H24N2O3S/c1-10(2)4-11(6-15)5-14(17)19-7-12-9-20-13(16-12)8-18-3/h9-11H,4-8,15H2,1-3H3/t11-/m0/s1. The van der Waals surface area contributed by atoms with Gasteiger partial charge in [0.15, 0.2) is 0 Å². The van der Waals surface area contributed by atoms with Gasteiger partial charge in [-0.15, -0.1) is 11.3 Å². The SMILES string of the molecule is COCc1nc(COC(=O)C[C@@H](CN)CC(C)C)cs1. The Morgan fingerprint density at radius 1 is 1.45 bits per heavy atom. The van der Waals surface area contributed by atoms with Crippen molar-refractivity contribution in [2.45, 2.75) is 39.9 Å². The minimum Gasteiger partial charge on any atom is -0.459 e. The van der Waals surface area contributed by atoms with Gasteiger partial charge in [0.2, 0.25) is 0 Å². The molecule has 1 rings (SSSR count). The van der Waals surface area contributed by atoms with Crippen LogP contribution in [0.15, 0.2) is 5.38 Å². The summed E-state index contributed by atoms with van der Waals surface area (Å²) in [5, 5.41) is 2.77. The predicted octanol–water partition coefficient (Wildman–Crippen LogP) is 2.34. The van der Waals surface area contributed by atoms with Gasteiger partial charge in [0.05, 0.1) is 12.3 Å². The molecule has 0 aromatic carbocycles. The molecule has 0 radical (unpaired) electrons. The maximum atomic E-state index is 11.8. The minimum atomic E-state index is -0.206. The van der Waals surface area contributed by atoms with E-state index in [9.17, 15) is 4.79 Å². The van der Waals surface area contributed by atoms with Crippen molar-refractivity contribution in [3.05, 3.63) is 16.1 Å². The van der Waals surface area contributed by atoms with Gasteiger partial charge in [-0.25, -0.2) is 4.98 Å². The molecule has 1 aromatic heterocycles. The fourth-order valence-electron chi connectivity index (χ4n) is 1.98. The number of rotatable bonds is 9. The van der Waals surface area contributed by atoms with E-state index in [1.807, 2.05) is 5.38 Å². The van der Waals surface area contributed by atoms with Crippen LogP contribution in [0, 0.1) is 11.8 Å². The number of hydrogen-bond acceptors (Lipinski definition) is 6. The van der Waals surface area contributed by atoms with E-state index in [-0.39, 0.29) is 18.5 Å². The van der Waals surface area contributed by atoms with Crippen LogP contribution >= 0.6 is 11.3 Å². The molecule has 1 aromatic rings. The van der Waals surface area contributed by atoms with Crippen molar-refractivity contribution in [1.29, 1.82) is 0 Å². The first-order valence-electron chi connectivity index (χ1n) is 6.83. The van der Waals surface area contributed by atoms with Crippen molar-refractivity contribution in [2.24, 2.45) is 17.6 Å². The molecular formula is C14H24N2O3S. The molecule has 0 saturated carbocycles. The lowest BCUT2D eigenvalue weighted by Crippen LogP contribution is -2.21. The Balaban J connectivity index is 2.34. The smallest absolute Gasteiger partial charge is 0.306 e. The van der Waals surface area contributed by atoms with E-state index in [1.54, 1.807) is 7.11 Å². The zero-order valence-electron chi connectivity index (χ0n) is 12.4. The van der Waals surface area contributed by atoms with Gasteiger partial charge in [0.1, 0.15) is 11.6 Å². The number of methoxy groups -OCH3 is 1. The summed E-state index contributed by atoms with van der Waals surface area (Å²) in [6.45, 7) is 5.48. The lowest BCUT2D eigenvalue weighted by Gasteiger charge is -2.15. The number of nitrogens with zero attached hydrogens (tertiary/aromatic N) is 1. The predicted molar refractivity (Wildman–Crippen MR) is 79.2 cm³/mol. The molecule has 5 nitrogen and oxygen atoms in total. The van der Waals surface area contributed by atoms with Crippen LogP contribution in [-0.4, -0.2) is 24.6 Å². The van der Waals surface area contributed by atoms with E-state index in [2.05, 4.69) is 18.8 Å². The third-order valence-corrected chi connectivity index (χ3v) is 3.71. The largest absolute Gasteiger partial charge is 0.459 e. The average molecular weight is 300 g/mol. The zero-order valence-corrected chi connectivity index (χ0v) is 13.2. The topological polar surface area (TPSA) is 74.4 Å². The lowest BCUT2D eigenvalue weighted by molar-refractivity contribution is -0.146. The number of esters is 1. The van der Waals surface area contributed by atoms with Crippen LogP contribution in [-0.2, 0) is 27.5 Å². The first-order chi connectivity index (χ1) is 9.55. The van der Waals surface area contributed by atoms with Crippen molar-refractivity contribution in [3.8, 4) is 0 Å². The van der Waals surface area contributed by atoms with Gasteiger partial charge in [-0.1, -0.05) is 13.8 Å². The molecule has 2 N–H and O–H groups in total. The van der Waals surface area contributed by atoms with E-state index >= 15 is 0 Å². The Morgan fingerprint density at radius 3 is 2.80 bits per heavy atom. The molecule has 0 aliphatic heterocycles. The first-order valence-corrected chi connectivity index (χ1v) is 7.71. The van der Waals surface area contributed by atoms with Gasteiger partial charge >= 0.3 is 5.97 Å². The Labute approximate surface area is 124 Å². The maximum Gasteiger partial charge on any atom is 0.306 e. The summed E-state index contributed by atoms with van der Waals surface area (Å²) in [5.41, 5.74) is 6.45.